The van der Waals surface area contributed by atoms with Crippen LogP contribution in [0, 0.1) is 0 Å². The van der Waals surface area contributed by atoms with Crippen LogP contribution in [0.1, 0.15) is 28.8 Å². The van der Waals surface area contributed by atoms with Gasteiger partial charge in [-0.15, -0.1) is 0 Å². The third-order valence-corrected chi connectivity index (χ3v) is 6.67. The zero-order valence-electron chi connectivity index (χ0n) is 15.7. The highest BCUT2D eigenvalue weighted by Gasteiger charge is 2.23. The van der Waals surface area contributed by atoms with Crippen molar-refractivity contribution in [3.63, 3.8) is 0 Å². The summed E-state index contributed by atoms with van der Waals surface area (Å²) in [5.74, 6) is -0.348. The Bertz CT molecular complexity index is 927. The van der Waals surface area contributed by atoms with Crippen molar-refractivity contribution in [3.05, 3.63) is 64.7 Å². The molecule has 3 rings (SSSR count). The topological polar surface area (TPSA) is 78.5 Å². The quantitative estimate of drug-likeness (QED) is 0.751. The van der Waals surface area contributed by atoms with E-state index in [1.54, 1.807) is 0 Å². The first kappa shape index (κ1) is 20.8. The summed E-state index contributed by atoms with van der Waals surface area (Å²) < 4.78 is 26.2. The van der Waals surface area contributed by atoms with E-state index in [9.17, 15) is 13.2 Å². The minimum atomic E-state index is -3.64. The molecule has 2 aromatic carbocycles. The average molecular weight is 422 g/mol. The Labute approximate surface area is 170 Å². The summed E-state index contributed by atoms with van der Waals surface area (Å²) >= 11 is 6.13. The molecule has 0 bridgehead atoms. The standard InChI is InChI=1S/C20H24ClN3O3S/c1-22-28(26,27)17-7-8-19(21)18(13-17)20(25)23-16-9-11-24(12-10-16)14-15-5-3-2-4-6-15/h2-8,13,16,22H,9-12,14H2,1H3,(H,23,25). The monoisotopic (exact) mass is 421 g/mol. The molecule has 0 saturated carbocycles. The summed E-state index contributed by atoms with van der Waals surface area (Å²) in [6, 6.07) is 14.5. The molecule has 0 spiro atoms. The van der Waals surface area contributed by atoms with Crippen LogP contribution in [0.15, 0.2) is 53.4 Å². The summed E-state index contributed by atoms with van der Waals surface area (Å²) in [7, 11) is -2.31. The van der Waals surface area contributed by atoms with Crippen LogP contribution in [0.4, 0.5) is 0 Å². The van der Waals surface area contributed by atoms with E-state index in [1.165, 1.54) is 30.8 Å². The van der Waals surface area contributed by atoms with Crippen molar-refractivity contribution >= 4 is 27.5 Å². The minimum Gasteiger partial charge on any atom is -0.349 e. The number of halogens is 1. The van der Waals surface area contributed by atoms with Gasteiger partial charge in [0, 0.05) is 25.7 Å². The van der Waals surface area contributed by atoms with Crippen molar-refractivity contribution < 1.29 is 13.2 Å². The van der Waals surface area contributed by atoms with Crippen molar-refractivity contribution in [2.45, 2.75) is 30.3 Å². The van der Waals surface area contributed by atoms with E-state index in [1.807, 2.05) is 18.2 Å². The zero-order chi connectivity index (χ0) is 20.1. The fourth-order valence-electron chi connectivity index (χ4n) is 3.30. The molecule has 0 aromatic heterocycles. The molecule has 1 aliphatic heterocycles. The van der Waals surface area contributed by atoms with E-state index in [0.717, 1.165) is 32.5 Å². The maximum atomic E-state index is 12.6. The first-order chi connectivity index (χ1) is 13.4. The summed E-state index contributed by atoms with van der Waals surface area (Å²) in [5.41, 5.74) is 1.45. The number of amides is 1. The lowest BCUT2D eigenvalue weighted by atomic mass is 10.0. The minimum absolute atomic E-state index is 0.0160. The van der Waals surface area contributed by atoms with Crippen LogP contribution < -0.4 is 10.0 Å². The zero-order valence-corrected chi connectivity index (χ0v) is 17.3. The molecule has 1 saturated heterocycles. The van der Waals surface area contributed by atoms with Crippen LogP contribution in [-0.4, -0.2) is 45.4 Å². The Kier molecular flexibility index (Phi) is 6.72. The van der Waals surface area contributed by atoms with Crippen LogP contribution in [0.5, 0.6) is 0 Å². The molecule has 8 heteroatoms. The van der Waals surface area contributed by atoms with Crippen molar-refractivity contribution in [1.29, 1.82) is 0 Å². The summed E-state index contributed by atoms with van der Waals surface area (Å²) in [5, 5.41) is 3.22. The molecule has 1 fully saturated rings. The molecule has 0 aliphatic carbocycles. The Morgan fingerprint density at radius 2 is 1.82 bits per heavy atom. The normalized spacial score (nSPS) is 16.1. The largest absolute Gasteiger partial charge is 0.349 e. The smallest absolute Gasteiger partial charge is 0.253 e. The Morgan fingerprint density at radius 1 is 1.14 bits per heavy atom. The number of rotatable bonds is 6. The Morgan fingerprint density at radius 3 is 2.46 bits per heavy atom. The molecule has 28 heavy (non-hydrogen) atoms. The molecule has 2 aromatic rings. The molecule has 0 unspecified atom stereocenters. The average Bonchev–Trinajstić information content (AvgIpc) is 2.70. The molecule has 6 nitrogen and oxygen atoms in total. The number of carbonyl (C=O) groups is 1. The van der Waals surface area contributed by atoms with E-state index >= 15 is 0 Å². The van der Waals surface area contributed by atoms with Gasteiger partial charge in [-0.3, -0.25) is 9.69 Å². The van der Waals surface area contributed by atoms with E-state index in [-0.39, 0.29) is 27.4 Å². The highest BCUT2D eigenvalue weighted by atomic mass is 35.5. The maximum Gasteiger partial charge on any atom is 0.253 e. The molecule has 2 N–H and O–H groups in total. The Balaban J connectivity index is 1.59. The first-order valence-electron chi connectivity index (χ1n) is 9.19. The van der Waals surface area contributed by atoms with Crippen LogP contribution in [0.25, 0.3) is 0 Å². The van der Waals surface area contributed by atoms with Crippen molar-refractivity contribution in [2.24, 2.45) is 0 Å². The van der Waals surface area contributed by atoms with Gasteiger partial charge in [0.2, 0.25) is 10.0 Å². The van der Waals surface area contributed by atoms with Gasteiger partial charge in [-0.2, -0.15) is 0 Å². The highest BCUT2D eigenvalue weighted by molar-refractivity contribution is 7.89. The van der Waals surface area contributed by atoms with Gasteiger partial charge in [0.1, 0.15) is 0 Å². The molecular formula is C20H24ClN3O3S. The van der Waals surface area contributed by atoms with Crippen molar-refractivity contribution in [2.75, 3.05) is 20.1 Å². The number of hydrogen-bond acceptors (Lipinski definition) is 4. The highest BCUT2D eigenvalue weighted by Crippen LogP contribution is 2.21. The second-order valence-electron chi connectivity index (χ2n) is 6.86. The maximum absolute atomic E-state index is 12.6. The van der Waals surface area contributed by atoms with E-state index in [4.69, 9.17) is 11.6 Å². The second-order valence-corrected chi connectivity index (χ2v) is 9.15. The molecule has 0 atom stereocenters. The van der Waals surface area contributed by atoms with Crippen LogP contribution >= 0.6 is 11.6 Å². The molecular weight excluding hydrogens is 398 g/mol. The van der Waals surface area contributed by atoms with Crippen LogP contribution in [0.3, 0.4) is 0 Å². The van der Waals surface area contributed by atoms with Crippen molar-refractivity contribution in [1.82, 2.24) is 14.9 Å². The van der Waals surface area contributed by atoms with E-state index < -0.39 is 10.0 Å². The van der Waals surface area contributed by atoms with Gasteiger partial charge in [-0.25, -0.2) is 13.1 Å². The molecule has 150 valence electrons. The van der Waals surface area contributed by atoms with Gasteiger partial charge < -0.3 is 5.32 Å². The number of likely N-dealkylation sites (tertiary alicyclic amines) is 1. The van der Waals surface area contributed by atoms with Gasteiger partial charge in [-0.05, 0) is 43.7 Å². The fourth-order valence-corrected chi connectivity index (χ4v) is 4.26. The molecule has 1 amide bonds. The lowest BCUT2D eigenvalue weighted by molar-refractivity contribution is 0.0909. The molecule has 1 heterocycles. The molecule has 0 radical (unpaired) electrons. The number of nitrogens with one attached hydrogen (secondary N) is 2. The third kappa shape index (κ3) is 5.11. The predicted molar refractivity (Wildman–Crippen MR) is 110 cm³/mol. The number of benzene rings is 2. The third-order valence-electron chi connectivity index (χ3n) is 4.93. The van der Waals surface area contributed by atoms with E-state index in [2.05, 4.69) is 27.1 Å². The summed E-state index contributed by atoms with van der Waals surface area (Å²) in [4.78, 5) is 15.0. The number of carbonyl (C=O) groups excluding carboxylic acids is 1. The lowest BCUT2D eigenvalue weighted by Crippen LogP contribution is -2.44. The van der Waals surface area contributed by atoms with Crippen LogP contribution in [-0.2, 0) is 16.6 Å². The van der Waals surface area contributed by atoms with Crippen molar-refractivity contribution in [3.8, 4) is 0 Å². The number of piperidine rings is 1. The SMILES string of the molecule is CNS(=O)(=O)c1ccc(Cl)c(C(=O)NC2CCN(Cc3ccccc3)CC2)c1. The predicted octanol–water partition coefficient (Wildman–Crippen LogP) is 2.64. The summed E-state index contributed by atoms with van der Waals surface area (Å²) in [6.45, 7) is 2.68. The number of hydrogen-bond donors (Lipinski definition) is 2. The van der Waals surface area contributed by atoms with Gasteiger partial charge in [0.05, 0.1) is 15.5 Å². The summed E-state index contributed by atoms with van der Waals surface area (Å²) in [6.07, 6.45) is 1.68. The Hall–Kier alpha value is -1.93. The van der Waals surface area contributed by atoms with Gasteiger partial charge in [-0.1, -0.05) is 41.9 Å². The lowest BCUT2D eigenvalue weighted by Gasteiger charge is -2.32. The number of sulfonamides is 1. The second kappa shape index (κ2) is 9.05. The fraction of sp³-hybridized carbons (Fsp3) is 0.350. The van der Waals surface area contributed by atoms with Gasteiger partial charge >= 0.3 is 0 Å². The first-order valence-corrected chi connectivity index (χ1v) is 11.1. The van der Waals surface area contributed by atoms with Gasteiger partial charge in [0.15, 0.2) is 0 Å². The van der Waals surface area contributed by atoms with Crippen LogP contribution in [0.2, 0.25) is 5.02 Å². The van der Waals surface area contributed by atoms with Gasteiger partial charge in [0.25, 0.3) is 5.91 Å². The van der Waals surface area contributed by atoms with E-state index in [0.29, 0.717) is 0 Å². The number of nitrogens with zero attached hydrogens (tertiary/aromatic N) is 1. The molecule has 1 aliphatic rings.